The number of hydrogen-bond donors (Lipinski definition) is 1. The van der Waals surface area contributed by atoms with E-state index < -0.39 is 40.4 Å². The number of alkyl halides is 3. The Hall–Kier alpha value is -1.89. The summed E-state index contributed by atoms with van der Waals surface area (Å²) in [6.07, 6.45) is 7.01. The highest BCUT2D eigenvalue weighted by Gasteiger charge is 2.46. The van der Waals surface area contributed by atoms with E-state index in [-0.39, 0.29) is 46.8 Å². The molecular formula is C36H59F3O5Si2. The van der Waals surface area contributed by atoms with Crippen molar-refractivity contribution in [1.82, 2.24) is 0 Å². The molecule has 1 aliphatic rings. The molecule has 0 spiro atoms. The smallest absolute Gasteiger partial charge is 0.416 e. The van der Waals surface area contributed by atoms with Crippen LogP contribution in [0.4, 0.5) is 13.2 Å². The van der Waals surface area contributed by atoms with Gasteiger partial charge in [-0.15, -0.1) is 0 Å². The SMILES string of the molecule is C[C@@H]1C[C@H](O[Si](C)(C)C(C)(C)C)[C@H](C/C=C\CCCC(=O)O)[C@H]1/C=C/[C@H](COc1cccc(C(F)(F)F)c1)O[Si](C)(C)C(C)(C)C. The fraction of sp³-hybridized carbons (Fsp3) is 0.694. The van der Waals surface area contributed by atoms with Gasteiger partial charge in [0.2, 0.25) is 0 Å². The minimum atomic E-state index is -4.45. The third kappa shape index (κ3) is 12.0. The van der Waals surface area contributed by atoms with Crippen LogP contribution in [0.2, 0.25) is 36.3 Å². The number of carbonyl (C=O) groups is 1. The molecule has 1 aromatic rings. The van der Waals surface area contributed by atoms with Gasteiger partial charge < -0.3 is 18.7 Å². The van der Waals surface area contributed by atoms with Crippen LogP contribution in [0.15, 0.2) is 48.6 Å². The van der Waals surface area contributed by atoms with E-state index in [1.165, 1.54) is 6.07 Å². The zero-order chi connectivity index (χ0) is 35.1. The third-order valence-corrected chi connectivity index (χ3v) is 19.2. The second-order valence-corrected chi connectivity index (χ2v) is 25.5. The zero-order valence-electron chi connectivity index (χ0n) is 30.0. The molecule has 1 aromatic carbocycles. The number of carboxylic acids is 1. The molecule has 0 bridgehead atoms. The van der Waals surface area contributed by atoms with Crippen LogP contribution in [0.25, 0.3) is 0 Å². The molecule has 1 aliphatic carbocycles. The van der Waals surface area contributed by atoms with Crippen LogP contribution in [0.1, 0.15) is 86.1 Å². The predicted octanol–water partition coefficient (Wildman–Crippen LogP) is 10.9. The number of rotatable bonds is 15. The Bertz CT molecular complexity index is 1180. The average molecular weight is 685 g/mol. The first kappa shape index (κ1) is 40.3. The van der Waals surface area contributed by atoms with Crippen LogP contribution in [-0.4, -0.2) is 46.5 Å². The maximum Gasteiger partial charge on any atom is 0.416 e. The van der Waals surface area contributed by atoms with Crippen LogP contribution >= 0.6 is 0 Å². The lowest BCUT2D eigenvalue weighted by Crippen LogP contribution is -2.45. The van der Waals surface area contributed by atoms with Gasteiger partial charge in [-0.05, 0) is 97.9 Å². The van der Waals surface area contributed by atoms with Gasteiger partial charge in [-0.2, -0.15) is 13.2 Å². The highest BCUT2D eigenvalue weighted by atomic mass is 28.4. The fourth-order valence-corrected chi connectivity index (χ4v) is 7.96. The van der Waals surface area contributed by atoms with Crippen molar-refractivity contribution in [3.8, 4) is 5.75 Å². The van der Waals surface area contributed by atoms with Gasteiger partial charge in [-0.3, -0.25) is 4.79 Å². The quantitative estimate of drug-likeness (QED) is 0.113. The highest BCUT2D eigenvalue weighted by Crippen LogP contribution is 2.47. The molecule has 1 fully saturated rings. The molecule has 0 aliphatic heterocycles. The second-order valence-electron chi connectivity index (χ2n) is 16.0. The largest absolute Gasteiger partial charge is 0.491 e. The molecule has 0 unspecified atom stereocenters. The standard InChI is InChI=1S/C36H59F3O5Si2/c1-26-23-32(44-46(10,11)35(5,6)7)31(19-14-12-13-15-20-33(40)41)30(26)22-21-29(43-45(8,9)34(2,3)4)25-42-28-18-16-17-27(24-28)36(37,38)39/h12,14,16-18,21-22,24,26,29-32H,13,15,19-20,23,25H2,1-11H3,(H,40,41)/b14-12-,22-21+/t26-,29-,30+,31-,32+/m1/s1. The van der Waals surface area contributed by atoms with E-state index in [9.17, 15) is 18.0 Å². The van der Waals surface area contributed by atoms with Gasteiger partial charge in [0.1, 0.15) is 12.4 Å². The Morgan fingerprint density at radius 3 is 2.22 bits per heavy atom. The molecule has 262 valence electrons. The summed E-state index contributed by atoms with van der Waals surface area (Å²) >= 11 is 0. The number of ether oxygens (including phenoxy) is 1. The Balaban J connectivity index is 2.37. The van der Waals surface area contributed by atoms with Crippen molar-refractivity contribution in [3.63, 3.8) is 0 Å². The summed E-state index contributed by atoms with van der Waals surface area (Å²) in [5, 5.41) is 8.99. The maximum atomic E-state index is 13.3. The van der Waals surface area contributed by atoms with E-state index in [1.807, 2.05) is 0 Å². The summed E-state index contributed by atoms with van der Waals surface area (Å²) in [4.78, 5) is 10.9. The van der Waals surface area contributed by atoms with Gasteiger partial charge in [0.15, 0.2) is 16.6 Å². The molecule has 0 aromatic heterocycles. The molecule has 0 saturated heterocycles. The van der Waals surface area contributed by atoms with E-state index in [0.717, 1.165) is 31.4 Å². The van der Waals surface area contributed by atoms with Crippen molar-refractivity contribution >= 4 is 22.6 Å². The van der Waals surface area contributed by atoms with Crippen molar-refractivity contribution in [2.24, 2.45) is 17.8 Å². The minimum Gasteiger partial charge on any atom is -0.491 e. The summed E-state index contributed by atoms with van der Waals surface area (Å²) in [7, 11) is -4.29. The number of hydrogen-bond acceptors (Lipinski definition) is 4. The lowest BCUT2D eigenvalue weighted by molar-refractivity contribution is -0.138. The van der Waals surface area contributed by atoms with E-state index in [0.29, 0.717) is 12.3 Å². The van der Waals surface area contributed by atoms with Gasteiger partial charge in [-0.1, -0.05) is 78.8 Å². The van der Waals surface area contributed by atoms with Crippen LogP contribution in [0.5, 0.6) is 5.75 Å². The summed E-state index contributed by atoms with van der Waals surface area (Å²) in [6, 6.07) is 4.98. The van der Waals surface area contributed by atoms with Crippen molar-refractivity contribution in [3.05, 3.63) is 54.1 Å². The summed E-state index contributed by atoms with van der Waals surface area (Å²) < 4.78 is 59.8. The van der Waals surface area contributed by atoms with E-state index in [1.54, 1.807) is 6.07 Å². The Morgan fingerprint density at radius 1 is 1.02 bits per heavy atom. The zero-order valence-corrected chi connectivity index (χ0v) is 32.0. The molecule has 0 radical (unpaired) electrons. The fourth-order valence-electron chi connectivity index (χ4n) is 5.32. The predicted molar refractivity (Wildman–Crippen MR) is 186 cm³/mol. The van der Waals surface area contributed by atoms with E-state index in [4.69, 9.17) is 18.7 Å². The molecule has 46 heavy (non-hydrogen) atoms. The Morgan fingerprint density at radius 2 is 1.65 bits per heavy atom. The average Bonchev–Trinajstić information content (AvgIpc) is 3.18. The van der Waals surface area contributed by atoms with Gasteiger partial charge in [0.25, 0.3) is 0 Å². The van der Waals surface area contributed by atoms with Gasteiger partial charge in [-0.25, -0.2) is 0 Å². The maximum absolute atomic E-state index is 13.3. The highest BCUT2D eigenvalue weighted by molar-refractivity contribution is 6.74. The molecule has 1 saturated carbocycles. The number of carboxylic acid groups (broad SMARTS) is 1. The van der Waals surface area contributed by atoms with E-state index in [2.05, 4.69) is 99.0 Å². The first-order chi connectivity index (χ1) is 20.9. The van der Waals surface area contributed by atoms with Crippen molar-refractivity contribution in [2.45, 2.75) is 135 Å². The van der Waals surface area contributed by atoms with Crippen molar-refractivity contribution in [2.75, 3.05) is 6.61 Å². The molecule has 0 heterocycles. The molecule has 5 atom stereocenters. The topological polar surface area (TPSA) is 65.0 Å². The molecular weight excluding hydrogens is 626 g/mol. The molecule has 10 heteroatoms. The first-order valence-corrected chi connectivity index (χ1v) is 22.5. The summed E-state index contributed by atoms with van der Waals surface area (Å²) in [5.41, 5.74) is -0.742. The second kappa shape index (κ2) is 16.0. The normalized spacial score (nSPS) is 22.6. The number of halogens is 3. The number of aliphatic carboxylic acids is 1. The minimum absolute atomic E-state index is 0.0635. The molecule has 0 amide bonds. The number of unbranched alkanes of at least 4 members (excludes halogenated alkanes) is 1. The Kier molecular flexibility index (Phi) is 14.0. The van der Waals surface area contributed by atoms with Crippen LogP contribution in [0.3, 0.4) is 0 Å². The van der Waals surface area contributed by atoms with Gasteiger partial charge in [0.05, 0.1) is 11.7 Å². The summed E-state index contributed by atoms with van der Waals surface area (Å²) in [6.45, 7) is 24.5. The number of benzene rings is 1. The van der Waals surface area contributed by atoms with Crippen LogP contribution < -0.4 is 4.74 Å². The van der Waals surface area contributed by atoms with Gasteiger partial charge >= 0.3 is 12.1 Å². The monoisotopic (exact) mass is 684 g/mol. The van der Waals surface area contributed by atoms with Gasteiger partial charge in [0, 0.05) is 12.5 Å². The lowest BCUT2D eigenvalue weighted by Gasteiger charge is -2.40. The third-order valence-electron chi connectivity index (χ3n) is 10.2. The van der Waals surface area contributed by atoms with Crippen LogP contribution in [0, 0.1) is 17.8 Å². The van der Waals surface area contributed by atoms with Crippen molar-refractivity contribution < 1.29 is 36.7 Å². The first-order valence-electron chi connectivity index (χ1n) is 16.7. The lowest BCUT2D eigenvalue weighted by atomic mass is 9.87. The van der Waals surface area contributed by atoms with E-state index >= 15 is 0 Å². The molecule has 1 N–H and O–H groups in total. The Labute approximate surface area is 278 Å². The molecule has 5 nitrogen and oxygen atoms in total. The molecule has 2 rings (SSSR count). The summed E-state index contributed by atoms with van der Waals surface area (Å²) in [5.74, 6) is 0.174. The number of allylic oxidation sites excluding steroid dienone is 3. The van der Waals surface area contributed by atoms with Crippen molar-refractivity contribution in [1.29, 1.82) is 0 Å². The van der Waals surface area contributed by atoms with Crippen LogP contribution in [-0.2, 0) is 19.8 Å².